The summed E-state index contributed by atoms with van der Waals surface area (Å²) < 4.78 is 0. The molecule has 1 aromatic heterocycles. The van der Waals surface area contributed by atoms with Crippen LogP contribution in [0.4, 0.5) is 5.82 Å². The maximum Gasteiger partial charge on any atom is 0.131 e. The number of anilines is 1. The molecule has 0 atom stereocenters. The average molecular weight is 275 g/mol. The van der Waals surface area contributed by atoms with Crippen LogP contribution >= 0.6 is 0 Å². The third-order valence-corrected chi connectivity index (χ3v) is 4.45. The maximum atomic E-state index is 9.21. The summed E-state index contributed by atoms with van der Waals surface area (Å²) in [5, 5.41) is 12.7. The van der Waals surface area contributed by atoms with Crippen molar-refractivity contribution < 1.29 is 5.11 Å². The topological polar surface area (TPSA) is 48.4 Å². The molecule has 1 aromatic rings. The number of pyridine rings is 1. The third-order valence-electron chi connectivity index (χ3n) is 4.45. The zero-order chi connectivity index (χ0) is 13.9. The van der Waals surface area contributed by atoms with Crippen LogP contribution in [-0.4, -0.2) is 35.8 Å². The van der Waals surface area contributed by atoms with Crippen LogP contribution < -0.4 is 10.2 Å². The molecule has 20 heavy (non-hydrogen) atoms. The van der Waals surface area contributed by atoms with Crippen molar-refractivity contribution in [3.8, 4) is 0 Å². The Labute approximate surface area is 121 Å². The number of piperidine rings is 1. The van der Waals surface area contributed by atoms with Crippen LogP contribution in [0.15, 0.2) is 12.3 Å². The number of aryl methyl sites for hydroxylation is 1. The van der Waals surface area contributed by atoms with Gasteiger partial charge in [-0.05, 0) is 55.7 Å². The minimum Gasteiger partial charge on any atom is -0.396 e. The number of aromatic nitrogens is 1. The second-order valence-corrected chi connectivity index (χ2v) is 6.25. The summed E-state index contributed by atoms with van der Waals surface area (Å²) in [6, 6.07) is 3.00. The first kappa shape index (κ1) is 13.8. The van der Waals surface area contributed by atoms with Crippen molar-refractivity contribution in [2.45, 2.75) is 45.2 Å². The van der Waals surface area contributed by atoms with Crippen molar-refractivity contribution in [2.24, 2.45) is 5.92 Å². The maximum absolute atomic E-state index is 9.21. The molecule has 1 aliphatic carbocycles. The minimum absolute atomic E-state index is 0.325. The first-order chi connectivity index (χ1) is 9.76. The van der Waals surface area contributed by atoms with Crippen LogP contribution in [0.3, 0.4) is 0 Å². The minimum atomic E-state index is 0.325. The number of rotatable bonds is 5. The summed E-state index contributed by atoms with van der Waals surface area (Å²) in [5.41, 5.74) is 2.55. The van der Waals surface area contributed by atoms with Crippen LogP contribution in [0.25, 0.3) is 0 Å². The van der Waals surface area contributed by atoms with Gasteiger partial charge in [0.05, 0.1) is 0 Å². The predicted molar refractivity (Wildman–Crippen MR) is 80.9 cm³/mol. The molecule has 0 amide bonds. The van der Waals surface area contributed by atoms with Gasteiger partial charge in [-0.25, -0.2) is 4.98 Å². The molecule has 1 saturated carbocycles. The molecule has 110 valence electrons. The van der Waals surface area contributed by atoms with E-state index in [9.17, 15) is 5.11 Å². The van der Waals surface area contributed by atoms with Gasteiger partial charge in [-0.3, -0.25) is 0 Å². The van der Waals surface area contributed by atoms with E-state index in [2.05, 4.69) is 28.2 Å². The van der Waals surface area contributed by atoms with E-state index in [1.165, 1.54) is 24.0 Å². The molecule has 4 heteroatoms. The molecule has 0 spiro atoms. The lowest BCUT2D eigenvalue weighted by atomic mass is 9.97. The van der Waals surface area contributed by atoms with Crippen LogP contribution in [-0.2, 0) is 6.54 Å². The Morgan fingerprint density at radius 3 is 2.65 bits per heavy atom. The van der Waals surface area contributed by atoms with Gasteiger partial charge in [-0.1, -0.05) is 0 Å². The van der Waals surface area contributed by atoms with E-state index in [1.807, 2.05) is 6.20 Å². The second kappa shape index (κ2) is 6.10. The summed E-state index contributed by atoms with van der Waals surface area (Å²) in [7, 11) is 0. The van der Waals surface area contributed by atoms with Gasteiger partial charge in [0.1, 0.15) is 5.82 Å². The second-order valence-electron chi connectivity index (χ2n) is 6.25. The number of nitrogens with one attached hydrogen (secondary N) is 1. The van der Waals surface area contributed by atoms with Gasteiger partial charge in [0.15, 0.2) is 0 Å². The smallest absolute Gasteiger partial charge is 0.131 e. The van der Waals surface area contributed by atoms with Crippen molar-refractivity contribution in [3.63, 3.8) is 0 Å². The Morgan fingerprint density at radius 1 is 1.30 bits per heavy atom. The molecule has 3 rings (SSSR count). The lowest BCUT2D eigenvalue weighted by Gasteiger charge is -2.33. The van der Waals surface area contributed by atoms with Crippen LogP contribution in [0.1, 0.15) is 36.8 Å². The summed E-state index contributed by atoms with van der Waals surface area (Å²) in [6.07, 6.45) is 6.80. The zero-order valence-electron chi connectivity index (χ0n) is 12.3. The summed E-state index contributed by atoms with van der Waals surface area (Å²) in [6.45, 7) is 5.44. The van der Waals surface area contributed by atoms with Crippen molar-refractivity contribution in [3.05, 3.63) is 23.4 Å². The summed E-state index contributed by atoms with van der Waals surface area (Å²) in [4.78, 5) is 7.04. The molecule has 0 aromatic carbocycles. The Morgan fingerprint density at radius 2 is 2.05 bits per heavy atom. The van der Waals surface area contributed by atoms with E-state index in [0.29, 0.717) is 12.5 Å². The number of aliphatic hydroxyl groups excluding tert-OH is 1. The van der Waals surface area contributed by atoms with Gasteiger partial charge < -0.3 is 15.3 Å². The monoisotopic (exact) mass is 275 g/mol. The fraction of sp³-hybridized carbons (Fsp3) is 0.688. The highest BCUT2D eigenvalue weighted by atomic mass is 16.3. The van der Waals surface area contributed by atoms with Crippen molar-refractivity contribution in [1.29, 1.82) is 0 Å². The highest BCUT2D eigenvalue weighted by Gasteiger charge is 2.22. The van der Waals surface area contributed by atoms with Crippen molar-refractivity contribution in [1.82, 2.24) is 10.3 Å². The molecule has 2 fully saturated rings. The molecule has 1 aliphatic heterocycles. The molecule has 0 unspecified atom stereocenters. The zero-order valence-corrected chi connectivity index (χ0v) is 12.3. The molecule has 1 saturated heterocycles. The van der Waals surface area contributed by atoms with E-state index in [4.69, 9.17) is 0 Å². The lowest BCUT2D eigenvalue weighted by molar-refractivity contribution is 0.202. The van der Waals surface area contributed by atoms with Crippen LogP contribution in [0, 0.1) is 12.8 Å². The molecule has 2 aliphatic rings. The Kier molecular flexibility index (Phi) is 4.22. The molecule has 4 nitrogen and oxygen atoms in total. The van der Waals surface area contributed by atoms with Gasteiger partial charge in [0.25, 0.3) is 0 Å². The Hall–Kier alpha value is -1.13. The molecule has 0 bridgehead atoms. The summed E-state index contributed by atoms with van der Waals surface area (Å²) in [5.74, 6) is 1.60. The number of aliphatic hydroxyl groups is 1. The molecule has 2 N–H and O–H groups in total. The first-order valence-electron chi connectivity index (χ1n) is 7.81. The van der Waals surface area contributed by atoms with Crippen molar-refractivity contribution >= 4 is 5.82 Å². The molecular formula is C16H25N3O. The predicted octanol–water partition coefficient (Wildman–Crippen LogP) is 1.85. The number of nitrogens with zero attached hydrogens (tertiary/aromatic N) is 2. The fourth-order valence-electron chi connectivity index (χ4n) is 2.93. The molecule has 0 radical (unpaired) electrons. The first-order valence-corrected chi connectivity index (χ1v) is 7.81. The Balaban J connectivity index is 1.61. The molecule has 2 heterocycles. The van der Waals surface area contributed by atoms with Gasteiger partial charge >= 0.3 is 0 Å². The van der Waals surface area contributed by atoms with Gasteiger partial charge in [-0.15, -0.1) is 0 Å². The SMILES string of the molecule is Cc1cc(CNC2CC2)cnc1N1CCC(CO)CC1. The van der Waals surface area contributed by atoms with E-state index >= 15 is 0 Å². The third kappa shape index (κ3) is 3.30. The normalized spacial score (nSPS) is 20.4. The van der Waals surface area contributed by atoms with Crippen LogP contribution in [0.2, 0.25) is 0 Å². The summed E-state index contributed by atoms with van der Waals surface area (Å²) >= 11 is 0. The molecular weight excluding hydrogens is 250 g/mol. The fourth-order valence-corrected chi connectivity index (χ4v) is 2.93. The van der Waals surface area contributed by atoms with E-state index < -0.39 is 0 Å². The van der Waals surface area contributed by atoms with E-state index in [1.54, 1.807) is 0 Å². The van der Waals surface area contributed by atoms with Crippen molar-refractivity contribution in [2.75, 3.05) is 24.6 Å². The van der Waals surface area contributed by atoms with Crippen LogP contribution in [0.5, 0.6) is 0 Å². The number of hydrogen-bond acceptors (Lipinski definition) is 4. The number of hydrogen-bond donors (Lipinski definition) is 2. The van der Waals surface area contributed by atoms with Gasteiger partial charge in [-0.2, -0.15) is 0 Å². The lowest BCUT2D eigenvalue weighted by Crippen LogP contribution is -2.35. The standard InChI is InChI=1S/C16H25N3O/c1-12-8-14(9-17-15-2-3-15)10-18-16(12)19-6-4-13(11-20)5-7-19/h8,10,13,15,17,20H,2-7,9,11H2,1H3. The highest BCUT2D eigenvalue weighted by Crippen LogP contribution is 2.25. The van der Waals surface area contributed by atoms with Gasteiger partial charge in [0.2, 0.25) is 0 Å². The average Bonchev–Trinajstić information content (AvgIpc) is 3.30. The van der Waals surface area contributed by atoms with E-state index in [0.717, 1.165) is 44.3 Å². The van der Waals surface area contributed by atoms with Gasteiger partial charge in [0, 0.05) is 38.5 Å². The highest BCUT2D eigenvalue weighted by molar-refractivity contribution is 5.47. The largest absolute Gasteiger partial charge is 0.396 e. The van der Waals surface area contributed by atoms with E-state index in [-0.39, 0.29) is 0 Å². The quantitative estimate of drug-likeness (QED) is 0.861. The Bertz CT molecular complexity index is 451.